The molecule has 0 atom stereocenters. The molecule has 0 bridgehead atoms. The number of allylic oxidation sites excluding steroid dienone is 1. The van der Waals surface area contributed by atoms with E-state index in [1.807, 2.05) is 12.1 Å². The molecule has 70 valence electrons. The molecule has 0 aliphatic carbocycles. The maximum absolute atomic E-state index is 5.78. The largest absolute Gasteiger partial charge is 0.443 e. The van der Waals surface area contributed by atoms with E-state index in [2.05, 4.69) is 11.6 Å². The van der Waals surface area contributed by atoms with Crippen molar-refractivity contribution < 1.29 is 4.74 Å². The van der Waals surface area contributed by atoms with E-state index >= 15 is 0 Å². The minimum absolute atomic E-state index is 0.560. The smallest absolute Gasteiger partial charge is 0.231 e. The van der Waals surface area contributed by atoms with Crippen LogP contribution in [0.2, 0.25) is 4.34 Å². The lowest BCUT2D eigenvalue weighted by molar-refractivity contribution is 0.421. The number of hydrogen-bond donors (Lipinski definition) is 0. The lowest BCUT2D eigenvalue weighted by atomic mass is 10.4. The molecule has 4 heteroatoms. The summed E-state index contributed by atoms with van der Waals surface area (Å²) in [6.45, 7) is 5.42. The van der Waals surface area contributed by atoms with Crippen LogP contribution in [0.1, 0.15) is 11.8 Å². The topological polar surface area (TPSA) is 21.6 Å². The lowest BCUT2D eigenvalue weighted by Crippen LogP contribution is -2.02. The molecule has 13 heavy (non-hydrogen) atoms. The Balaban J connectivity index is 2.85. The summed E-state index contributed by atoms with van der Waals surface area (Å²) in [4.78, 5) is 4.91. The highest BCUT2D eigenvalue weighted by Crippen LogP contribution is 2.22. The fraction of sp³-hybridized carbons (Fsp3) is 0.222. The third-order valence-electron chi connectivity index (χ3n) is 1.26. The molecule has 0 saturated carbocycles. The zero-order valence-corrected chi connectivity index (χ0v) is 9.08. The predicted octanol–water partition coefficient (Wildman–Crippen LogP) is 3.33. The van der Waals surface area contributed by atoms with E-state index in [1.54, 1.807) is 14.0 Å². The van der Waals surface area contributed by atoms with Gasteiger partial charge in [-0.3, -0.25) is 4.99 Å². The van der Waals surface area contributed by atoms with Crippen molar-refractivity contribution >= 4 is 28.8 Å². The molecule has 1 rings (SSSR count). The fourth-order valence-corrected chi connectivity index (χ4v) is 1.82. The second-order valence-corrected chi connectivity index (χ2v) is 4.15. The van der Waals surface area contributed by atoms with Gasteiger partial charge in [0.2, 0.25) is 5.90 Å². The van der Waals surface area contributed by atoms with Gasteiger partial charge in [-0.15, -0.1) is 11.3 Å². The van der Waals surface area contributed by atoms with Gasteiger partial charge >= 0.3 is 0 Å². The molecular weight excluding hydrogens is 206 g/mol. The monoisotopic (exact) mass is 215 g/mol. The van der Waals surface area contributed by atoms with Gasteiger partial charge < -0.3 is 4.74 Å². The lowest BCUT2D eigenvalue weighted by Gasteiger charge is -2.04. The first-order valence-corrected chi connectivity index (χ1v) is 4.88. The van der Waals surface area contributed by atoms with E-state index in [1.165, 1.54) is 11.3 Å². The molecule has 0 unspecified atom stereocenters. The van der Waals surface area contributed by atoms with Crippen LogP contribution in [0.5, 0.6) is 0 Å². The number of nitrogens with zero attached hydrogens (tertiary/aromatic N) is 1. The average molecular weight is 216 g/mol. The van der Waals surface area contributed by atoms with Crippen molar-refractivity contribution in [3.8, 4) is 0 Å². The van der Waals surface area contributed by atoms with Gasteiger partial charge in [-0.1, -0.05) is 18.2 Å². The van der Waals surface area contributed by atoms with Crippen LogP contribution < -0.4 is 0 Å². The number of aliphatic imine (C=N–C) groups is 1. The second kappa shape index (κ2) is 4.44. The van der Waals surface area contributed by atoms with E-state index in [0.717, 1.165) is 9.21 Å². The van der Waals surface area contributed by atoms with Gasteiger partial charge in [0.25, 0.3) is 0 Å². The van der Waals surface area contributed by atoms with Crippen LogP contribution in [0.25, 0.3) is 0 Å². The van der Waals surface area contributed by atoms with E-state index in [4.69, 9.17) is 16.3 Å². The van der Waals surface area contributed by atoms with Gasteiger partial charge in [-0.2, -0.15) is 0 Å². The molecule has 1 heterocycles. The van der Waals surface area contributed by atoms with Crippen molar-refractivity contribution in [1.82, 2.24) is 0 Å². The SMILES string of the molecule is C=C(C)OC(=NC)c1ccc(Cl)s1. The van der Waals surface area contributed by atoms with Crippen LogP contribution in [0.15, 0.2) is 29.5 Å². The minimum Gasteiger partial charge on any atom is -0.443 e. The molecule has 0 radical (unpaired) electrons. The number of thiophene rings is 1. The molecule has 0 spiro atoms. The summed E-state index contributed by atoms with van der Waals surface area (Å²) in [6, 6.07) is 3.69. The molecule has 0 aromatic carbocycles. The van der Waals surface area contributed by atoms with Crippen LogP contribution in [0, 0.1) is 0 Å². The van der Waals surface area contributed by atoms with E-state index in [-0.39, 0.29) is 0 Å². The Morgan fingerprint density at radius 2 is 2.31 bits per heavy atom. The number of ether oxygens (including phenoxy) is 1. The quantitative estimate of drug-likeness (QED) is 0.421. The van der Waals surface area contributed by atoms with Gasteiger partial charge in [0.15, 0.2) is 0 Å². The highest BCUT2D eigenvalue weighted by Gasteiger charge is 2.07. The molecule has 0 fully saturated rings. The van der Waals surface area contributed by atoms with Crippen molar-refractivity contribution in [1.29, 1.82) is 0 Å². The summed E-state index contributed by atoms with van der Waals surface area (Å²) in [6.07, 6.45) is 0. The van der Waals surface area contributed by atoms with Gasteiger partial charge in [0, 0.05) is 7.05 Å². The van der Waals surface area contributed by atoms with Gasteiger partial charge in [0.05, 0.1) is 15.0 Å². The number of halogens is 1. The standard InChI is InChI=1S/C9H10ClNOS/c1-6(2)12-9(11-3)7-4-5-8(10)13-7/h4-5H,1H2,2-3H3. The first kappa shape index (κ1) is 10.3. The van der Waals surface area contributed by atoms with E-state index < -0.39 is 0 Å². The van der Waals surface area contributed by atoms with Crippen molar-refractivity contribution in [3.05, 3.63) is 33.7 Å². The maximum Gasteiger partial charge on any atom is 0.231 e. The Bertz CT molecular complexity index is 343. The molecule has 0 N–H and O–H groups in total. The Labute approximate surface area is 86.5 Å². The molecule has 1 aromatic heterocycles. The first-order chi connectivity index (χ1) is 6.13. The van der Waals surface area contributed by atoms with E-state index in [9.17, 15) is 0 Å². The third-order valence-corrected chi connectivity index (χ3v) is 2.48. The van der Waals surface area contributed by atoms with Crippen molar-refractivity contribution in [2.75, 3.05) is 7.05 Å². The molecule has 0 amide bonds. The highest BCUT2D eigenvalue weighted by atomic mass is 35.5. The van der Waals surface area contributed by atoms with Crippen molar-refractivity contribution in [3.63, 3.8) is 0 Å². The molecule has 0 aliphatic rings. The number of hydrogen-bond acceptors (Lipinski definition) is 3. The normalized spacial score (nSPS) is 11.5. The number of rotatable bonds is 2. The Hall–Kier alpha value is -0.800. The van der Waals surface area contributed by atoms with Crippen molar-refractivity contribution in [2.24, 2.45) is 4.99 Å². The van der Waals surface area contributed by atoms with Crippen LogP contribution in [-0.4, -0.2) is 12.9 Å². The zero-order chi connectivity index (χ0) is 9.84. The Kier molecular flexibility index (Phi) is 3.51. The average Bonchev–Trinajstić information content (AvgIpc) is 2.47. The van der Waals surface area contributed by atoms with Gasteiger partial charge in [-0.05, 0) is 19.1 Å². The molecular formula is C9H10ClNOS. The van der Waals surface area contributed by atoms with E-state index in [0.29, 0.717) is 11.7 Å². The first-order valence-electron chi connectivity index (χ1n) is 3.69. The molecule has 0 saturated heterocycles. The Morgan fingerprint density at radius 3 is 2.69 bits per heavy atom. The van der Waals surface area contributed by atoms with Crippen LogP contribution >= 0.6 is 22.9 Å². The summed E-state index contributed by atoms with van der Waals surface area (Å²) in [7, 11) is 1.67. The van der Waals surface area contributed by atoms with Crippen LogP contribution in [0.4, 0.5) is 0 Å². The van der Waals surface area contributed by atoms with Crippen molar-refractivity contribution in [2.45, 2.75) is 6.92 Å². The highest BCUT2D eigenvalue weighted by molar-refractivity contribution is 7.18. The second-order valence-electron chi connectivity index (χ2n) is 2.44. The summed E-state index contributed by atoms with van der Waals surface area (Å²) in [5.74, 6) is 1.18. The summed E-state index contributed by atoms with van der Waals surface area (Å²) >= 11 is 7.21. The van der Waals surface area contributed by atoms with Gasteiger partial charge in [-0.25, -0.2) is 0 Å². The molecule has 0 aliphatic heterocycles. The summed E-state index contributed by atoms with van der Waals surface area (Å²) in [5.41, 5.74) is 0. The molecule has 1 aromatic rings. The van der Waals surface area contributed by atoms with Gasteiger partial charge in [0.1, 0.15) is 0 Å². The predicted molar refractivity (Wildman–Crippen MR) is 57.7 cm³/mol. The minimum atomic E-state index is 0.560. The fourth-order valence-electron chi connectivity index (χ4n) is 0.800. The maximum atomic E-state index is 5.78. The summed E-state index contributed by atoms with van der Waals surface area (Å²) in [5, 5.41) is 0. The zero-order valence-electron chi connectivity index (χ0n) is 7.50. The Morgan fingerprint density at radius 1 is 1.62 bits per heavy atom. The third kappa shape index (κ3) is 2.86. The van der Waals surface area contributed by atoms with Crippen LogP contribution in [0.3, 0.4) is 0 Å². The molecule has 2 nitrogen and oxygen atoms in total. The summed E-state index contributed by atoms with van der Waals surface area (Å²) < 4.78 is 6.03. The van der Waals surface area contributed by atoms with Crippen LogP contribution in [-0.2, 0) is 4.74 Å².